The van der Waals surface area contributed by atoms with Gasteiger partial charge >= 0.3 is 0 Å². The molecule has 1 amide bonds. The summed E-state index contributed by atoms with van der Waals surface area (Å²) in [6, 6.07) is 18.3. The van der Waals surface area contributed by atoms with Crippen LogP contribution in [-0.2, 0) is 6.54 Å². The van der Waals surface area contributed by atoms with Gasteiger partial charge in [0.25, 0.3) is 11.5 Å². The largest absolute Gasteiger partial charge is 0.310 e. The average Bonchev–Trinajstić information content (AvgIpc) is 2.67. The van der Waals surface area contributed by atoms with Gasteiger partial charge in [-0.15, -0.1) is 0 Å². The van der Waals surface area contributed by atoms with Crippen LogP contribution >= 0.6 is 11.6 Å². The second-order valence-corrected chi connectivity index (χ2v) is 6.69. The van der Waals surface area contributed by atoms with E-state index in [9.17, 15) is 9.59 Å². The molecule has 27 heavy (non-hydrogen) atoms. The van der Waals surface area contributed by atoms with Crippen molar-refractivity contribution < 1.29 is 4.79 Å². The van der Waals surface area contributed by atoms with E-state index < -0.39 is 0 Å². The molecule has 0 aliphatic heterocycles. The Labute approximate surface area is 163 Å². The zero-order chi connectivity index (χ0) is 19.4. The number of rotatable bonds is 5. The fraction of sp³-hybridized carbons (Fsp3) is 0.182. The topological polar surface area (TPSA) is 42.3 Å². The fourth-order valence-corrected chi connectivity index (χ4v) is 3.26. The van der Waals surface area contributed by atoms with Crippen LogP contribution in [0, 0.1) is 6.92 Å². The summed E-state index contributed by atoms with van der Waals surface area (Å²) in [5.41, 5.74) is 2.45. The lowest BCUT2D eigenvalue weighted by Gasteiger charge is -2.23. The third kappa shape index (κ3) is 3.96. The molecule has 1 heterocycles. The van der Waals surface area contributed by atoms with Crippen molar-refractivity contribution in [1.29, 1.82) is 0 Å². The number of hydrogen-bond acceptors (Lipinski definition) is 2. The highest BCUT2D eigenvalue weighted by Crippen LogP contribution is 2.21. The Morgan fingerprint density at radius 3 is 2.44 bits per heavy atom. The molecule has 1 aromatic heterocycles. The van der Waals surface area contributed by atoms with Crippen molar-refractivity contribution in [2.45, 2.75) is 20.4 Å². The van der Waals surface area contributed by atoms with Gasteiger partial charge in [-0.1, -0.05) is 48.0 Å². The fourth-order valence-electron chi connectivity index (χ4n) is 3.07. The number of nitrogens with zero attached hydrogens (tertiary/aromatic N) is 2. The second-order valence-electron chi connectivity index (χ2n) is 6.28. The van der Waals surface area contributed by atoms with E-state index in [2.05, 4.69) is 0 Å². The summed E-state index contributed by atoms with van der Waals surface area (Å²) >= 11 is 6.21. The Bertz CT molecular complexity index is 1030. The molecule has 0 radical (unpaired) electrons. The number of hydrogen-bond donors (Lipinski definition) is 0. The summed E-state index contributed by atoms with van der Waals surface area (Å²) in [6.07, 6.45) is 1.67. The number of anilines is 1. The first-order valence-corrected chi connectivity index (χ1v) is 9.21. The third-order valence-electron chi connectivity index (χ3n) is 4.52. The van der Waals surface area contributed by atoms with E-state index in [1.165, 1.54) is 4.57 Å². The van der Waals surface area contributed by atoms with Crippen molar-refractivity contribution in [3.05, 3.63) is 98.9 Å². The Morgan fingerprint density at radius 1 is 1.04 bits per heavy atom. The lowest BCUT2D eigenvalue weighted by molar-refractivity contribution is 0.0986. The molecular formula is C22H21ClN2O2. The summed E-state index contributed by atoms with van der Waals surface area (Å²) in [5.74, 6) is -0.301. The van der Waals surface area contributed by atoms with E-state index in [-0.39, 0.29) is 17.0 Å². The molecule has 5 heteroatoms. The van der Waals surface area contributed by atoms with Crippen LogP contribution in [0.15, 0.2) is 71.7 Å². The van der Waals surface area contributed by atoms with Crippen LogP contribution < -0.4 is 10.5 Å². The minimum atomic E-state index is -0.325. The van der Waals surface area contributed by atoms with Crippen LogP contribution in [0.2, 0.25) is 5.02 Å². The van der Waals surface area contributed by atoms with Gasteiger partial charge in [-0.2, -0.15) is 0 Å². The van der Waals surface area contributed by atoms with Crippen LogP contribution in [0.5, 0.6) is 0 Å². The van der Waals surface area contributed by atoms with Gasteiger partial charge in [-0.3, -0.25) is 9.59 Å². The Morgan fingerprint density at radius 2 is 1.74 bits per heavy atom. The van der Waals surface area contributed by atoms with E-state index >= 15 is 0 Å². The molecule has 3 aromatic rings. The maximum Gasteiger partial charge on any atom is 0.263 e. The summed E-state index contributed by atoms with van der Waals surface area (Å²) < 4.78 is 1.51. The first kappa shape index (κ1) is 18.9. The van der Waals surface area contributed by atoms with E-state index in [0.29, 0.717) is 18.1 Å². The second kappa shape index (κ2) is 8.23. The number of para-hydroxylation sites is 1. The molecular weight excluding hydrogens is 360 g/mol. The molecule has 138 valence electrons. The maximum atomic E-state index is 13.1. The van der Waals surface area contributed by atoms with Gasteiger partial charge in [0.1, 0.15) is 5.56 Å². The molecule has 0 aliphatic rings. The molecule has 0 fully saturated rings. The van der Waals surface area contributed by atoms with E-state index in [4.69, 9.17) is 11.6 Å². The van der Waals surface area contributed by atoms with Gasteiger partial charge in [0.15, 0.2) is 0 Å². The number of benzene rings is 2. The van der Waals surface area contributed by atoms with Gasteiger partial charge in [0.05, 0.1) is 6.54 Å². The van der Waals surface area contributed by atoms with Crippen molar-refractivity contribution in [2.75, 3.05) is 11.4 Å². The van der Waals surface area contributed by atoms with Gasteiger partial charge in [-0.25, -0.2) is 0 Å². The molecule has 0 saturated carbocycles. The Kier molecular flexibility index (Phi) is 5.77. The number of carbonyl (C=O) groups excluding carboxylic acids is 1. The highest BCUT2D eigenvalue weighted by atomic mass is 35.5. The third-order valence-corrected chi connectivity index (χ3v) is 4.89. The molecule has 0 spiro atoms. The molecule has 0 unspecified atom stereocenters. The monoisotopic (exact) mass is 380 g/mol. The van der Waals surface area contributed by atoms with Gasteiger partial charge in [-0.05, 0) is 49.2 Å². The quantitative estimate of drug-likeness (QED) is 0.652. The summed E-state index contributed by atoms with van der Waals surface area (Å²) in [4.78, 5) is 27.7. The number of halogens is 1. The van der Waals surface area contributed by atoms with Crippen molar-refractivity contribution in [1.82, 2.24) is 4.57 Å². The molecule has 4 nitrogen and oxygen atoms in total. The average molecular weight is 381 g/mol. The summed E-state index contributed by atoms with van der Waals surface area (Å²) in [5, 5.41) is 0.594. The van der Waals surface area contributed by atoms with Crippen molar-refractivity contribution >= 4 is 23.2 Å². The Hall–Kier alpha value is -2.85. The lowest BCUT2D eigenvalue weighted by Crippen LogP contribution is -2.37. The van der Waals surface area contributed by atoms with Crippen LogP contribution in [0.3, 0.4) is 0 Å². The van der Waals surface area contributed by atoms with Crippen LogP contribution in [0.4, 0.5) is 5.69 Å². The number of aryl methyl sites for hydroxylation is 1. The first-order valence-electron chi connectivity index (χ1n) is 8.83. The van der Waals surface area contributed by atoms with Gasteiger partial charge < -0.3 is 9.47 Å². The van der Waals surface area contributed by atoms with E-state index in [0.717, 1.165) is 16.8 Å². The SMILES string of the molecule is CCN(C(=O)c1cccn(Cc2ccccc2Cl)c1=O)c1ccccc1C. The van der Waals surface area contributed by atoms with E-state index in [1.54, 1.807) is 29.3 Å². The smallest absolute Gasteiger partial charge is 0.263 e. The summed E-state index contributed by atoms with van der Waals surface area (Å²) in [7, 11) is 0. The summed E-state index contributed by atoms with van der Waals surface area (Å²) in [6.45, 7) is 4.64. The number of pyridine rings is 1. The number of aromatic nitrogens is 1. The minimum absolute atomic E-state index is 0.148. The van der Waals surface area contributed by atoms with Crippen molar-refractivity contribution in [3.63, 3.8) is 0 Å². The molecule has 0 atom stereocenters. The predicted octanol–water partition coefficient (Wildman–Crippen LogP) is 4.53. The van der Waals surface area contributed by atoms with Crippen LogP contribution in [-0.4, -0.2) is 17.0 Å². The highest BCUT2D eigenvalue weighted by Gasteiger charge is 2.21. The van der Waals surface area contributed by atoms with E-state index in [1.807, 2.05) is 56.3 Å². The van der Waals surface area contributed by atoms with Gasteiger partial charge in [0, 0.05) is 23.5 Å². The molecule has 0 N–H and O–H groups in total. The molecule has 0 saturated heterocycles. The first-order chi connectivity index (χ1) is 13.0. The van der Waals surface area contributed by atoms with Crippen molar-refractivity contribution in [3.8, 4) is 0 Å². The lowest BCUT2D eigenvalue weighted by atomic mass is 10.1. The zero-order valence-electron chi connectivity index (χ0n) is 15.4. The predicted molar refractivity (Wildman–Crippen MR) is 110 cm³/mol. The normalized spacial score (nSPS) is 10.6. The molecule has 0 bridgehead atoms. The Balaban J connectivity index is 1.97. The molecule has 2 aromatic carbocycles. The van der Waals surface area contributed by atoms with Crippen LogP contribution in [0.1, 0.15) is 28.4 Å². The molecule has 0 aliphatic carbocycles. The standard InChI is InChI=1S/C22H21ClN2O2/c1-3-25(20-13-7-4-9-16(20)2)22(27)18-11-8-14-24(21(18)26)15-17-10-5-6-12-19(17)23/h4-14H,3,15H2,1-2H3. The maximum absolute atomic E-state index is 13.1. The van der Waals surface area contributed by atoms with Crippen molar-refractivity contribution in [2.24, 2.45) is 0 Å². The van der Waals surface area contributed by atoms with Gasteiger partial charge in [0.2, 0.25) is 0 Å². The zero-order valence-corrected chi connectivity index (χ0v) is 16.1. The number of carbonyl (C=O) groups is 1. The highest BCUT2D eigenvalue weighted by molar-refractivity contribution is 6.31. The molecule has 3 rings (SSSR count). The van der Waals surface area contributed by atoms with Crippen LogP contribution in [0.25, 0.3) is 0 Å². The minimum Gasteiger partial charge on any atom is -0.310 e. The number of amides is 1.